The molecular formula is C46H31N5. The van der Waals surface area contributed by atoms with Gasteiger partial charge in [0, 0.05) is 34.6 Å². The average Bonchev–Trinajstić information content (AvgIpc) is 3.21. The van der Waals surface area contributed by atoms with Gasteiger partial charge in [-0.1, -0.05) is 140 Å². The number of aromatic nitrogens is 5. The van der Waals surface area contributed by atoms with Crippen molar-refractivity contribution < 1.29 is 0 Å². The van der Waals surface area contributed by atoms with Gasteiger partial charge >= 0.3 is 0 Å². The first-order valence-electron chi connectivity index (χ1n) is 17.0. The van der Waals surface area contributed by atoms with Crippen LogP contribution >= 0.6 is 0 Å². The fourth-order valence-corrected chi connectivity index (χ4v) is 6.71. The molecule has 0 unspecified atom stereocenters. The molecule has 0 radical (unpaired) electrons. The van der Waals surface area contributed by atoms with Crippen molar-refractivity contribution >= 4 is 21.5 Å². The molecule has 7 aromatic carbocycles. The van der Waals surface area contributed by atoms with E-state index >= 15 is 0 Å². The van der Waals surface area contributed by atoms with Gasteiger partial charge in [-0.3, -0.25) is 0 Å². The van der Waals surface area contributed by atoms with Crippen molar-refractivity contribution in [3.8, 4) is 67.5 Å². The van der Waals surface area contributed by atoms with E-state index in [1.54, 1.807) is 0 Å². The molecule has 9 aromatic rings. The SMILES string of the molecule is Cc1ncc(-c2ccc(-c3cc(-c4nc(-c5ccccc5)nc(-c5ccccc5)n4)cc(-c4cccc5ccc6ccccc6c45)c3)cc2)cn1. The van der Waals surface area contributed by atoms with Crippen LogP contribution < -0.4 is 0 Å². The third-order valence-electron chi connectivity index (χ3n) is 9.30. The Hall–Kier alpha value is -6.85. The first kappa shape index (κ1) is 30.2. The third kappa shape index (κ3) is 5.91. The van der Waals surface area contributed by atoms with E-state index < -0.39 is 0 Å². The number of rotatable bonds is 6. The summed E-state index contributed by atoms with van der Waals surface area (Å²) in [6.07, 6.45) is 3.74. The minimum atomic E-state index is 0.615. The van der Waals surface area contributed by atoms with Gasteiger partial charge in [0.15, 0.2) is 17.5 Å². The van der Waals surface area contributed by atoms with E-state index in [9.17, 15) is 0 Å². The monoisotopic (exact) mass is 653 g/mol. The second-order valence-electron chi connectivity index (χ2n) is 12.6. The van der Waals surface area contributed by atoms with Crippen LogP contribution in [0, 0.1) is 6.92 Å². The second kappa shape index (κ2) is 12.9. The highest BCUT2D eigenvalue weighted by Gasteiger charge is 2.16. The number of nitrogens with zero attached hydrogens (tertiary/aromatic N) is 5. The predicted octanol–water partition coefficient (Wildman–Crippen LogP) is 11.3. The topological polar surface area (TPSA) is 64.5 Å². The molecule has 0 N–H and O–H groups in total. The van der Waals surface area contributed by atoms with Crippen LogP contribution in [0.5, 0.6) is 0 Å². The van der Waals surface area contributed by atoms with Gasteiger partial charge in [-0.05, 0) is 74.5 Å². The van der Waals surface area contributed by atoms with E-state index in [4.69, 9.17) is 15.0 Å². The van der Waals surface area contributed by atoms with Crippen LogP contribution in [0.2, 0.25) is 0 Å². The molecule has 0 aliphatic carbocycles. The average molecular weight is 654 g/mol. The molecule has 5 heteroatoms. The minimum absolute atomic E-state index is 0.615. The predicted molar refractivity (Wildman–Crippen MR) is 208 cm³/mol. The zero-order valence-electron chi connectivity index (χ0n) is 27.9. The molecule has 2 heterocycles. The van der Waals surface area contributed by atoms with Crippen LogP contribution in [0.15, 0.2) is 170 Å². The molecule has 0 aliphatic rings. The highest BCUT2D eigenvalue weighted by Crippen LogP contribution is 2.39. The standard InChI is InChI=1S/C46H31N5/c1-30-47-28-40(29-48-30)32-21-19-31(20-22-32)37-25-38(42-18-10-16-34-24-23-33-11-8-9-17-41(33)43(34)42)27-39(26-37)46-50-44(35-12-4-2-5-13-35)49-45(51-46)36-14-6-3-7-15-36/h2-29H,1H3. The summed E-state index contributed by atoms with van der Waals surface area (Å²) in [5, 5.41) is 4.85. The highest BCUT2D eigenvalue weighted by atomic mass is 15.0. The molecule has 2 aromatic heterocycles. The molecule has 51 heavy (non-hydrogen) atoms. The van der Waals surface area contributed by atoms with Crippen LogP contribution in [0.1, 0.15) is 5.82 Å². The van der Waals surface area contributed by atoms with Gasteiger partial charge in [0.2, 0.25) is 0 Å². The number of aryl methyl sites for hydroxylation is 1. The first-order valence-corrected chi connectivity index (χ1v) is 17.0. The van der Waals surface area contributed by atoms with Crippen LogP contribution in [-0.4, -0.2) is 24.9 Å². The van der Waals surface area contributed by atoms with Crippen molar-refractivity contribution in [2.24, 2.45) is 0 Å². The van der Waals surface area contributed by atoms with Gasteiger partial charge in [-0.15, -0.1) is 0 Å². The summed E-state index contributed by atoms with van der Waals surface area (Å²) < 4.78 is 0. The quantitative estimate of drug-likeness (QED) is 0.167. The molecular weight excluding hydrogens is 623 g/mol. The van der Waals surface area contributed by atoms with Crippen LogP contribution in [0.25, 0.3) is 89.1 Å². The Bertz CT molecular complexity index is 2610. The number of hydrogen-bond donors (Lipinski definition) is 0. The number of benzene rings is 7. The zero-order valence-corrected chi connectivity index (χ0v) is 27.9. The molecule has 0 atom stereocenters. The van der Waals surface area contributed by atoms with Gasteiger partial charge < -0.3 is 0 Å². The van der Waals surface area contributed by atoms with Crippen molar-refractivity contribution in [3.05, 3.63) is 176 Å². The molecule has 0 spiro atoms. The molecule has 0 bridgehead atoms. The van der Waals surface area contributed by atoms with Crippen molar-refractivity contribution in [2.45, 2.75) is 6.92 Å². The van der Waals surface area contributed by atoms with E-state index in [-0.39, 0.29) is 0 Å². The van der Waals surface area contributed by atoms with E-state index in [1.807, 2.05) is 80.0 Å². The smallest absolute Gasteiger partial charge is 0.164 e. The Morgan fingerprint density at radius 1 is 0.353 bits per heavy atom. The Morgan fingerprint density at radius 3 is 1.53 bits per heavy atom. The lowest BCUT2D eigenvalue weighted by Crippen LogP contribution is -2.00. The van der Waals surface area contributed by atoms with Crippen molar-refractivity contribution in [1.29, 1.82) is 0 Å². The normalized spacial score (nSPS) is 11.2. The van der Waals surface area contributed by atoms with Crippen LogP contribution in [-0.2, 0) is 0 Å². The number of fused-ring (bicyclic) bond motifs is 3. The summed E-state index contributed by atoms with van der Waals surface area (Å²) >= 11 is 0. The summed E-state index contributed by atoms with van der Waals surface area (Å²) in [5.41, 5.74) is 9.22. The van der Waals surface area contributed by atoms with Gasteiger partial charge in [0.25, 0.3) is 0 Å². The molecule has 5 nitrogen and oxygen atoms in total. The summed E-state index contributed by atoms with van der Waals surface area (Å²) in [7, 11) is 0. The van der Waals surface area contributed by atoms with Crippen molar-refractivity contribution in [3.63, 3.8) is 0 Å². The van der Waals surface area contributed by atoms with E-state index in [0.717, 1.165) is 55.9 Å². The molecule has 240 valence electrons. The first-order chi connectivity index (χ1) is 25.2. The fourth-order valence-electron chi connectivity index (χ4n) is 6.71. The summed E-state index contributed by atoms with van der Waals surface area (Å²) in [6.45, 7) is 1.90. The Morgan fingerprint density at radius 2 is 0.863 bits per heavy atom. The van der Waals surface area contributed by atoms with E-state index in [1.165, 1.54) is 21.5 Å². The second-order valence-corrected chi connectivity index (χ2v) is 12.6. The summed E-state index contributed by atoms with van der Waals surface area (Å²) in [4.78, 5) is 24.0. The molecule has 0 amide bonds. The molecule has 0 fully saturated rings. The maximum Gasteiger partial charge on any atom is 0.164 e. The van der Waals surface area contributed by atoms with Gasteiger partial charge in [0.1, 0.15) is 5.82 Å². The maximum absolute atomic E-state index is 5.11. The lowest BCUT2D eigenvalue weighted by atomic mass is 9.90. The maximum atomic E-state index is 5.11. The highest BCUT2D eigenvalue weighted by molar-refractivity contribution is 6.14. The minimum Gasteiger partial charge on any atom is -0.241 e. The Labute approximate surface area is 296 Å². The number of hydrogen-bond acceptors (Lipinski definition) is 5. The molecule has 0 saturated heterocycles. The zero-order chi connectivity index (χ0) is 34.1. The van der Waals surface area contributed by atoms with E-state index in [0.29, 0.717) is 17.5 Å². The van der Waals surface area contributed by atoms with Gasteiger partial charge in [0.05, 0.1) is 0 Å². The van der Waals surface area contributed by atoms with Crippen LogP contribution in [0.3, 0.4) is 0 Å². The summed E-state index contributed by atoms with van der Waals surface area (Å²) in [5.74, 6) is 2.63. The third-order valence-corrected chi connectivity index (χ3v) is 9.30. The largest absolute Gasteiger partial charge is 0.241 e. The van der Waals surface area contributed by atoms with Crippen molar-refractivity contribution in [1.82, 2.24) is 24.9 Å². The molecule has 9 rings (SSSR count). The molecule has 0 aliphatic heterocycles. The van der Waals surface area contributed by atoms with Gasteiger partial charge in [-0.2, -0.15) is 0 Å². The van der Waals surface area contributed by atoms with E-state index in [2.05, 4.69) is 107 Å². The lowest BCUT2D eigenvalue weighted by molar-refractivity contribution is 1.06. The van der Waals surface area contributed by atoms with Gasteiger partial charge in [-0.25, -0.2) is 24.9 Å². The fraction of sp³-hybridized carbons (Fsp3) is 0.0217. The Balaban J connectivity index is 1.27. The lowest BCUT2D eigenvalue weighted by Gasteiger charge is -2.15. The van der Waals surface area contributed by atoms with Crippen molar-refractivity contribution in [2.75, 3.05) is 0 Å². The summed E-state index contributed by atoms with van der Waals surface area (Å²) in [6, 6.07) is 55.0. The van der Waals surface area contributed by atoms with Crippen LogP contribution in [0.4, 0.5) is 0 Å². The Kier molecular flexibility index (Phi) is 7.63. The molecule has 0 saturated carbocycles.